The highest BCUT2D eigenvalue weighted by Crippen LogP contribution is 2.24. The maximum absolute atomic E-state index is 12.9. The van der Waals surface area contributed by atoms with Gasteiger partial charge in [0.15, 0.2) is 9.84 Å². The molecule has 11 heteroatoms. The van der Waals surface area contributed by atoms with E-state index in [0.29, 0.717) is 17.8 Å². The predicted molar refractivity (Wildman–Crippen MR) is 152 cm³/mol. The van der Waals surface area contributed by atoms with Crippen LogP contribution in [0, 0.1) is 0 Å². The molecule has 1 atom stereocenters. The Morgan fingerprint density at radius 1 is 1.12 bits per heavy atom. The summed E-state index contributed by atoms with van der Waals surface area (Å²) in [4.78, 5) is 29.1. The van der Waals surface area contributed by atoms with Gasteiger partial charge in [0.25, 0.3) is 5.91 Å². The van der Waals surface area contributed by atoms with Gasteiger partial charge in [-0.15, -0.1) is 0 Å². The van der Waals surface area contributed by atoms with Gasteiger partial charge in [0.2, 0.25) is 0 Å². The minimum Gasteiger partial charge on any atom is -0.380 e. The van der Waals surface area contributed by atoms with Gasteiger partial charge in [-0.1, -0.05) is 12.1 Å². The maximum atomic E-state index is 12.9. The van der Waals surface area contributed by atoms with Gasteiger partial charge in [0.05, 0.1) is 59.1 Å². The fraction of sp³-hybridized carbons (Fsp3) is 0.310. The fourth-order valence-corrected chi connectivity index (χ4v) is 5.86. The summed E-state index contributed by atoms with van der Waals surface area (Å²) in [5.74, 6) is 0.323. The summed E-state index contributed by atoms with van der Waals surface area (Å²) in [6, 6.07) is 16.2. The number of nitrogens with zero attached hydrogens (tertiary/aromatic N) is 4. The van der Waals surface area contributed by atoms with Crippen LogP contribution in [-0.2, 0) is 32.5 Å². The molecule has 4 aromatic rings. The molecule has 4 heterocycles. The van der Waals surface area contributed by atoms with Crippen LogP contribution < -0.4 is 10.2 Å². The molecular formula is C29H31N5O5S. The Morgan fingerprint density at radius 2 is 1.95 bits per heavy atom. The Morgan fingerprint density at radius 3 is 2.77 bits per heavy atom. The number of ether oxygens (including phenoxy) is 2. The molecule has 1 aliphatic heterocycles. The van der Waals surface area contributed by atoms with Gasteiger partial charge in [0, 0.05) is 37.8 Å². The first-order valence-corrected chi connectivity index (χ1v) is 14.6. The fourth-order valence-electron chi connectivity index (χ4n) is 4.47. The Balaban J connectivity index is 1.32. The third-order valence-corrected chi connectivity index (χ3v) is 8.55. The number of carbonyl (C=O) groups excluding carboxylic acids is 1. The lowest BCUT2D eigenvalue weighted by atomic mass is 10.1. The number of methoxy groups -OCH3 is 1. The topological polar surface area (TPSA) is 124 Å². The molecule has 0 unspecified atom stereocenters. The lowest BCUT2D eigenvalue weighted by molar-refractivity contribution is 0.0950. The number of pyridine rings is 3. The summed E-state index contributed by atoms with van der Waals surface area (Å²) < 4.78 is 35.9. The molecule has 1 aliphatic rings. The molecule has 1 N–H and O–H groups in total. The van der Waals surface area contributed by atoms with E-state index < -0.39 is 9.84 Å². The van der Waals surface area contributed by atoms with Crippen LogP contribution in [0.25, 0.3) is 22.3 Å². The van der Waals surface area contributed by atoms with Crippen LogP contribution >= 0.6 is 0 Å². The highest BCUT2D eigenvalue weighted by atomic mass is 32.2. The van der Waals surface area contributed by atoms with Crippen LogP contribution in [0.15, 0.2) is 65.7 Å². The number of hydrogen-bond acceptors (Lipinski definition) is 9. The third kappa shape index (κ3) is 6.11. The summed E-state index contributed by atoms with van der Waals surface area (Å²) in [6.45, 7) is 3.20. The van der Waals surface area contributed by atoms with Crippen molar-refractivity contribution in [2.45, 2.75) is 31.1 Å². The monoisotopic (exact) mass is 561 g/mol. The second kappa shape index (κ2) is 11.7. The van der Waals surface area contributed by atoms with E-state index in [-0.39, 0.29) is 48.0 Å². The van der Waals surface area contributed by atoms with Crippen LogP contribution in [0.5, 0.6) is 0 Å². The van der Waals surface area contributed by atoms with Crippen molar-refractivity contribution in [1.29, 1.82) is 0 Å². The van der Waals surface area contributed by atoms with Crippen molar-refractivity contribution in [3.63, 3.8) is 0 Å². The molecular weight excluding hydrogens is 530 g/mol. The predicted octanol–water partition coefficient (Wildman–Crippen LogP) is 3.40. The number of fused-ring (bicyclic) bond motifs is 2. The summed E-state index contributed by atoms with van der Waals surface area (Å²) >= 11 is 0. The van der Waals surface area contributed by atoms with Crippen molar-refractivity contribution >= 4 is 32.5 Å². The van der Waals surface area contributed by atoms with E-state index in [1.165, 1.54) is 6.07 Å². The van der Waals surface area contributed by atoms with Crippen molar-refractivity contribution in [2.75, 3.05) is 38.0 Å². The van der Waals surface area contributed by atoms with Gasteiger partial charge in [-0.3, -0.25) is 9.78 Å². The quantitative estimate of drug-likeness (QED) is 0.345. The third-order valence-electron chi connectivity index (χ3n) is 6.80. The minimum atomic E-state index is -3.51. The first-order valence-electron chi connectivity index (χ1n) is 12.9. The van der Waals surface area contributed by atoms with Crippen molar-refractivity contribution in [3.05, 3.63) is 77.6 Å². The smallest absolute Gasteiger partial charge is 0.251 e. The number of hydrogen-bond donors (Lipinski definition) is 1. The maximum Gasteiger partial charge on any atom is 0.251 e. The molecule has 0 spiro atoms. The molecule has 10 nitrogen and oxygen atoms in total. The van der Waals surface area contributed by atoms with Crippen molar-refractivity contribution in [2.24, 2.45) is 0 Å². The number of anilines is 1. The number of amides is 1. The Kier molecular flexibility index (Phi) is 8.06. The summed E-state index contributed by atoms with van der Waals surface area (Å²) in [7, 11) is 0.154. The summed E-state index contributed by atoms with van der Waals surface area (Å²) in [6.07, 6.45) is 1.78. The number of likely N-dealkylation sites (N-methyl/N-ethyl adjacent to an activating group) is 1. The molecule has 0 bridgehead atoms. The first-order chi connectivity index (χ1) is 19.2. The van der Waals surface area contributed by atoms with Crippen molar-refractivity contribution in [3.8, 4) is 11.4 Å². The number of carbonyl (C=O) groups is 1. The normalized spacial score (nSPS) is 15.2. The van der Waals surface area contributed by atoms with E-state index in [1.54, 1.807) is 25.4 Å². The molecule has 3 aromatic heterocycles. The van der Waals surface area contributed by atoms with Crippen LogP contribution in [-0.4, -0.2) is 68.4 Å². The standard InChI is InChI=1S/C29H31N5O5S/c1-19(38-3)17-34(2)28-6-4-5-24(33-28)25-10-9-21-15-30-23(14-26(21)32-25)16-31-29(35)20-7-8-22-18-39-11-12-40(36,37)27(22)13-20/h4-10,13-15,19H,11-12,16-18H2,1-3H3,(H,31,35)/t19-/m1/s1. The van der Waals surface area contributed by atoms with E-state index in [9.17, 15) is 13.2 Å². The Bertz CT molecular complexity index is 1660. The van der Waals surface area contributed by atoms with Crippen molar-refractivity contribution < 1.29 is 22.7 Å². The lowest BCUT2D eigenvalue weighted by Crippen LogP contribution is -2.28. The number of rotatable bonds is 8. The van der Waals surface area contributed by atoms with E-state index in [4.69, 9.17) is 19.4 Å². The average molecular weight is 562 g/mol. The zero-order valence-corrected chi connectivity index (χ0v) is 23.4. The molecule has 1 aromatic carbocycles. The number of sulfone groups is 1. The minimum absolute atomic E-state index is 0.0695. The summed E-state index contributed by atoms with van der Waals surface area (Å²) in [5.41, 5.74) is 3.63. The summed E-state index contributed by atoms with van der Waals surface area (Å²) in [5, 5.41) is 3.69. The zero-order chi connectivity index (χ0) is 28.3. The second-order valence-corrected chi connectivity index (χ2v) is 11.8. The zero-order valence-electron chi connectivity index (χ0n) is 22.6. The van der Waals surface area contributed by atoms with E-state index in [2.05, 4.69) is 10.3 Å². The van der Waals surface area contributed by atoms with Crippen LogP contribution in [0.1, 0.15) is 28.5 Å². The van der Waals surface area contributed by atoms with Crippen molar-refractivity contribution in [1.82, 2.24) is 20.3 Å². The molecule has 40 heavy (non-hydrogen) atoms. The van der Waals surface area contributed by atoms with E-state index in [1.807, 2.05) is 55.3 Å². The second-order valence-electron chi connectivity index (χ2n) is 9.75. The number of nitrogens with one attached hydrogen (secondary N) is 1. The van der Waals surface area contributed by atoms with Crippen LogP contribution in [0.4, 0.5) is 5.82 Å². The molecule has 0 fully saturated rings. The molecule has 0 saturated heterocycles. The Labute approximate surface area is 233 Å². The van der Waals surface area contributed by atoms with Crippen LogP contribution in [0.3, 0.4) is 0 Å². The van der Waals surface area contributed by atoms with E-state index in [0.717, 1.165) is 28.1 Å². The molecule has 1 amide bonds. The number of aromatic nitrogens is 3. The van der Waals surface area contributed by atoms with Gasteiger partial charge >= 0.3 is 0 Å². The van der Waals surface area contributed by atoms with Gasteiger partial charge in [-0.25, -0.2) is 18.4 Å². The first kappa shape index (κ1) is 27.6. The molecule has 0 radical (unpaired) electrons. The highest BCUT2D eigenvalue weighted by Gasteiger charge is 2.23. The molecule has 208 valence electrons. The molecule has 0 saturated carbocycles. The van der Waals surface area contributed by atoms with Gasteiger partial charge < -0.3 is 19.7 Å². The van der Waals surface area contributed by atoms with Gasteiger partial charge in [-0.05, 0) is 55.0 Å². The van der Waals surface area contributed by atoms with Crippen LogP contribution in [0.2, 0.25) is 0 Å². The van der Waals surface area contributed by atoms with Gasteiger partial charge in [0.1, 0.15) is 5.82 Å². The number of benzene rings is 1. The van der Waals surface area contributed by atoms with E-state index >= 15 is 0 Å². The molecule has 5 rings (SSSR count). The SMILES string of the molecule is CO[C@H](C)CN(C)c1cccc(-c2ccc3cnc(CNC(=O)c4ccc5c(c4)S(=O)(=O)CCOC5)cc3n2)n1. The lowest BCUT2D eigenvalue weighted by Gasteiger charge is -2.22. The highest BCUT2D eigenvalue weighted by molar-refractivity contribution is 7.91. The largest absolute Gasteiger partial charge is 0.380 e. The molecule has 0 aliphatic carbocycles. The Hall–Kier alpha value is -3.93. The average Bonchev–Trinajstić information content (AvgIpc) is 3.12. The van der Waals surface area contributed by atoms with Gasteiger partial charge in [-0.2, -0.15) is 0 Å².